The molecule has 138 valence electrons. The summed E-state index contributed by atoms with van der Waals surface area (Å²) in [6, 6.07) is 8.82. The van der Waals surface area contributed by atoms with Crippen LogP contribution in [0.25, 0.3) is 0 Å². The van der Waals surface area contributed by atoms with Gasteiger partial charge in [0.25, 0.3) is 0 Å². The van der Waals surface area contributed by atoms with E-state index in [1.165, 1.54) is 13.2 Å². The Morgan fingerprint density at radius 2 is 1.88 bits per heavy atom. The Morgan fingerprint density at radius 1 is 1.12 bits per heavy atom. The first kappa shape index (κ1) is 18.1. The van der Waals surface area contributed by atoms with E-state index in [4.69, 9.17) is 18.9 Å². The van der Waals surface area contributed by atoms with Crippen LogP contribution in [0.3, 0.4) is 0 Å². The highest BCUT2D eigenvalue weighted by atomic mass is 19.2. The third-order valence-corrected chi connectivity index (χ3v) is 4.02. The molecule has 1 aliphatic heterocycles. The fourth-order valence-corrected chi connectivity index (χ4v) is 2.79. The SMILES string of the molecule is COc1cccc(C2O[C@@H](C(=O)O)[C@H](c3ccc(F)c(F)c3OC)O2)c1. The summed E-state index contributed by atoms with van der Waals surface area (Å²) in [6.07, 6.45) is -3.63. The van der Waals surface area contributed by atoms with E-state index >= 15 is 0 Å². The van der Waals surface area contributed by atoms with Crippen LogP contribution >= 0.6 is 0 Å². The van der Waals surface area contributed by atoms with Crippen LogP contribution < -0.4 is 9.47 Å². The number of ether oxygens (including phenoxy) is 4. The number of aliphatic carboxylic acids is 1. The zero-order chi connectivity index (χ0) is 18.8. The van der Waals surface area contributed by atoms with Gasteiger partial charge in [-0.1, -0.05) is 12.1 Å². The number of hydrogen-bond acceptors (Lipinski definition) is 5. The van der Waals surface area contributed by atoms with E-state index in [1.54, 1.807) is 24.3 Å². The summed E-state index contributed by atoms with van der Waals surface area (Å²) in [5, 5.41) is 9.46. The molecule has 0 aliphatic carbocycles. The van der Waals surface area contributed by atoms with Crippen molar-refractivity contribution in [1.29, 1.82) is 0 Å². The first-order valence-electron chi connectivity index (χ1n) is 7.65. The molecule has 0 spiro atoms. The van der Waals surface area contributed by atoms with E-state index in [9.17, 15) is 18.7 Å². The van der Waals surface area contributed by atoms with Crippen LogP contribution in [0.2, 0.25) is 0 Å². The van der Waals surface area contributed by atoms with Crippen LogP contribution in [0.15, 0.2) is 36.4 Å². The third kappa shape index (κ3) is 3.21. The first-order chi connectivity index (χ1) is 12.5. The Labute approximate surface area is 147 Å². The molecule has 2 aromatic carbocycles. The molecule has 3 atom stereocenters. The van der Waals surface area contributed by atoms with Crippen molar-refractivity contribution in [3.63, 3.8) is 0 Å². The molecule has 6 nitrogen and oxygen atoms in total. The van der Waals surface area contributed by atoms with Gasteiger partial charge in [0.15, 0.2) is 24.0 Å². The molecule has 26 heavy (non-hydrogen) atoms. The van der Waals surface area contributed by atoms with Gasteiger partial charge in [0, 0.05) is 11.1 Å². The van der Waals surface area contributed by atoms with Crippen molar-refractivity contribution in [1.82, 2.24) is 0 Å². The normalized spacial score (nSPS) is 22.2. The van der Waals surface area contributed by atoms with Crippen LogP contribution in [0, 0.1) is 11.6 Å². The minimum absolute atomic E-state index is 0.0456. The highest BCUT2D eigenvalue weighted by Gasteiger charge is 2.44. The van der Waals surface area contributed by atoms with Gasteiger partial charge < -0.3 is 24.1 Å². The lowest BCUT2D eigenvalue weighted by Gasteiger charge is -2.17. The third-order valence-electron chi connectivity index (χ3n) is 4.02. The number of benzene rings is 2. The smallest absolute Gasteiger partial charge is 0.336 e. The van der Waals surface area contributed by atoms with Crippen molar-refractivity contribution in [2.75, 3.05) is 14.2 Å². The molecule has 3 rings (SSSR count). The summed E-state index contributed by atoms with van der Waals surface area (Å²) in [5.74, 6) is -3.51. The predicted molar refractivity (Wildman–Crippen MR) is 85.0 cm³/mol. The monoisotopic (exact) mass is 366 g/mol. The Kier molecular flexibility index (Phi) is 5.06. The zero-order valence-electron chi connectivity index (χ0n) is 13.9. The second-order valence-electron chi connectivity index (χ2n) is 5.54. The summed E-state index contributed by atoms with van der Waals surface area (Å²) in [6.45, 7) is 0. The maximum absolute atomic E-state index is 14.0. The van der Waals surface area contributed by atoms with Gasteiger partial charge in [-0.3, -0.25) is 0 Å². The number of carboxylic acid groups (broad SMARTS) is 1. The van der Waals surface area contributed by atoms with Gasteiger partial charge in [0.05, 0.1) is 14.2 Å². The maximum atomic E-state index is 14.0. The van der Waals surface area contributed by atoms with Crippen molar-refractivity contribution in [2.24, 2.45) is 0 Å². The number of halogens is 2. The molecule has 1 N–H and O–H groups in total. The number of methoxy groups -OCH3 is 2. The Hall–Kier alpha value is -2.71. The molecule has 0 saturated carbocycles. The molecule has 1 aliphatic rings. The lowest BCUT2D eigenvalue weighted by molar-refractivity contribution is -0.151. The molecular weight excluding hydrogens is 350 g/mol. The standard InChI is InChI=1S/C18H16F2O6/c1-23-10-5-3-4-9(8-10)18-25-15(16(26-18)17(21)22)11-6-7-12(19)13(20)14(11)24-2/h3-8,15-16,18H,1-2H3,(H,21,22)/t15-,16+,18?/m0/s1. The van der Waals surface area contributed by atoms with Gasteiger partial charge in [0.2, 0.25) is 5.82 Å². The van der Waals surface area contributed by atoms with Crippen LogP contribution in [-0.4, -0.2) is 31.4 Å². The molecule has 0 bridgehead atoms. The molecule has 2 aromatic rings. The molecule has 0 aromatic heterocycles. The molecule has 8 heteroatoms. The molecule has 1 saturated heterocycles. The molecule has 0 amide bonds. The van der Waals surface area contributed by atoms with Crippen LogP contribution in [0.4, 0.5) is 8.78 Å². The van der Waals surface area contributed by atoms with Gasteiger partial charge in [-0.15, -0.1) is 0 Å². The lowest BCUT2D eigenvalue weighted by atomic mass is 10.0. The molecule has 1 heterocycles. The van der Waals surface area contributed by atoms with E-state index in [0.717, 1.165) is 13.2 Å². The zero-order valence-corrected chi connectivity index (χ0v) is 13.9. The summed E-state index contributed by atoms with van der Waals surface area (Å²) in [4.78, 5) is 11.6. The summed E-state index contributed by atoms with van der Waals surface area (Å²) < 4.78 is 48.7. The summed E-state index contributed by atoms with van der Waals surface area (Å²) >= 11 is 0. The Morgan fingerprint density at radius 3 is 2.54 bits per heavy atom. The van der Waals surface area contributed by atoms with Gasteiger partial charge >= 0.3 is 5.97 Å². The quantitative estimate of drug-likeness (QED) is 0.876. The highest BCUT2D eigenvalue weighted by Crippen LogP contribution is 2.44. The summed E-state index contributed by atoms with van der Waals surface area (Å²) in [7, 11) is 2.65. The fraction of sp³-hybridized carbons (Fsp3) is 0.278. The van der Waals surface area contributed by atoms with E-state index in [-0.39, 0.29) is 5.56 Å². The highest BCUT2D eigenvalue weighted by molar-refractivity contribution is 5.74. The average molecular weight is 366 g/mol. The van der Waals surface area contributed by atoms with Gasteiger partial charge in [-0.05, 0) is 24.3 Å². The van der Waals surface area contributed by atoms with Gasteiger partial charge in [-0.25, -0.2) is 9.18 Å². The van der Waals surface area contributed by atoms with Crippen LogP contribution in [0.5, 0.6) is 11.5 Å². The van der Waals surface area contributed by atoms with Crippen LogP contribution in [-0.2, 0) is 14.3 Å². The van der Waals surface area contributed by atoms with Crippen molar-refractivity contribution in [3.8, 4) is 11.5 Å². The average Bonchev–Trinajstić information content (AvgIpc) is 3.09. The number of rotatable bonds is 5. The van der Waals surface area contributed by atoms with Crippen molar-refractivity contribution < 1.29 is 37.6 Å². The van der Waals surface area contributed by atoms with E-state index in [0.29, 0.717) is 11.3 Å². The van der Waals surface area contributed by atoms with Gasteiger partial charge in [0.1, 0.15) is 11.9 Å². The number of hydrogen-bond donors (Lipinski definition) is 1. The Bertz CT molecular complexity index is 825. The largest absolute Gasteiger partial charge is 0.497 e. The summed E-state index contributed by atoms with van der Waals surface area (Å²) in [5.41, 5.74) is 0.573. The second-order valence-corrected chi connectivity index (χ2v) is 5.54. The van der Waals surface area contributed by atoms with Crippen molar-refractivity contribution in [2.45, 2.75) is 18.5 Å². The molecule has 0 radical (unpaired) electrons. The van der Waals surface area contributed by atoms with Gasteiger partial charge in [-0.2, -0.15) is 4.39 Å². The first-order valence-corrected chi connectivity index (χ1v) is 7.65. The van der Waals surface area contributed by atoms with E-state index in [2.05, 4.69) is 0 Å². The minimum Gasteiger partial charge on any atom is -0.497 e. The molecule has 1 unspecified atom stereocenters. The lowest BCUT2D eigenvalue weighted by Crippen LogP contribution is -2.26. The number of carboxylic acids is 1. The second kappa shape index (κ2) is 7.27. The maximum Gasteiger partial charge on any atom is 0.336 e. The van der Waals surface area contributed by atoms with Crippen molar-refractivity contribution >= 4 is 5.97 Å². The minimum atomic E-state index is -1.43. The van der Waals surface area contributed by atoms with Crippen molar-refractivity contribution in [3.05, 3.63) is 59.2 Å². The van der Waals surface area contributed by atoms with Crippen LogP contribution in [0.1, 0.15) is 23.5 Å². The number of carbonyl (C=O) groups is 1. The molecule has 1 fully saturated rings. The fourth-order valence-electron chi connectivity index (χ4n) is 2.79. The Balaban J connectivity index is 1.99. The topological polar surface area (TPSA) is 74.2 Å². The predicted octanol–water partition coefficient (Wildman–Crippen LogP) is 3.22. The van der Waals surface area contributed by atoms with E-state index < -0.39 is 41.9 Å². The molecular formula is C18H16F2O6. The van der Waals surface area contributed by atoms with E-state index in [1.807, 2.05) is 0 Å².